The summed E-state index contributed by atoms with van der Waals surface area (Å²) in [5.74, 6) is -0.102. The first kappa shape index (κ1) is 13.0. The lowest BCUT2D eigenvalue weighted by atomic mass is 10.1. The predicted molar refractivity (Wildman–Crippen MR) is 66.4 cm³/mol. The molecule has 1 saturated carbocycles. The van der Waals surface area contributed by atoms with E-state index in [1.807, 2.05) is 11.9 Å². The predicted octanol–water partition coefficient (Wildman–Crippen LogP) is 2.21. The number of hydrogen-bond donors (Lipinski definition) is 0. The molecule has 0 N–H and O–H groups in total. The van der Waals surface area contributed by atoms with Gasteiger partial charge >= 0.3 is 5.97 Å². The molecule has 0 aliphatic heterocycles. The van der Waals surface area contributed by atoms with E-state index in [0.717, 1.165) is 12.8 Å². The highest BCUT2D eigenvalue weighted by Gasteiger charge is 2.39. The highest BCUT2D eigenvalue weighted by molar-refractivity contribution is 5.76. The zero-order chi connectivity index (χ0) is 13.1. The van der Waals surface area contributed by atoms with Crippen LogP contribution in [0.25, 0.3) is 0 Å². The van der Waals surface area contributed by atoms with Crippen molar-refractivity contribution in [2.24, 2.45) is 5.92 Å². The Hall–Kier alpha value is -1.42. The van der Waals surface area contributed by atoms with Gasteiger partial charge in [-0.3, -0.25) is 9.69 Å². The van der Waals surface area contributed by atoms with Crippen molar-refractivity contribution in [2.45, 2.75) is 25.4 Å². The zero-order valence-corrected chi connectivity index (χ0v) is 10.7. The third-order valence-corrected chi connectivity index (χ3v) is 3.36. The first-order valence-corrected chi connectivity index (χ1v) is 6.15. The fourth-order valence-electron chi connectivity index (χ4n) is 2.26. The van der Waals surface area contributed by atoms with E-state index < -0.39 is 0 Å². The highest BCUT2D eigenvalue weighted by Crippen LogP contribution is 2.36. The van der Waals surface area contributed by atoms with Gasteiger partial charge in [-0.15, -0.1) is 0 Å². The molecule has 98 valence electrons. The third kappa shape index (κ3) is 2.88. The smallest absolute Gasteiger partial charge is 0.323 e. The van der Waals surface area contributed by atoms with Crippen LogP contribution in [0.4, 0.5) is 4.39 Å². The molecule has 3 nitrogen and oxygen atoms in total. The average Bonchev–Trinajstić information content (AvgIpc) is 3.16. The Bertz CT molecular complexity index is 432. The molecule has 1 unspecified atom stereocenters. The first-order chi connectivity index (χ1) is 8.63. The number of ether oxygens (including phenoxy) is 1. The van der Waals surface area contributed by atoms with Crippen LogP contribution in [-0.4, -0.2) is 31.1 Å². The van der Waals surface area contributed by atoms with E-state index in [1.54, 1.807) is 18.2 Å². The van der Waals surface area contributed by atoms with E-state index in [2.05, 4.69) is 0 Å². The number of carbonyl (C=O) groups excluding carboxylic acids is 1. The Morgan fingerprint density at radius 1 is 1.50 bits per heavy atom. The molecule has 0 bridgehead atoms. The normalized spacial score (nSPS) is 16.7. The van der Waals surface area contributed by atoms with E-state index in [9.17, 15) is 9.18 Å². The fourth-order valence-corrected chi connectivity index (χ4v) is 2.26. The van der Waals surface area contributed by atoms with E-state index in [1.165, 1.54) is 13.2 Å². The lowest BCUT2D eigenvalue weighted by Gasteiger charge is -2.25. The topological polar surface area (TPSA) is 29.5 Å². The van der Waals surface area contributed by atoms with Gasteiger partial charge in [0, 0.05) is 12.1 Å². The number of hydrogen-bond acceptors (Lipinski definition) is 3. The monoisotopic (exact) mass is 251 g/mol. The lowest BCUT2D eigenvalue weighted by molar-refractivity contribution is -0.147. The number of rotatable bonds is 5. The van der Waals surface area contributed by atoms with E-state index in [-0.39, 0.29) is 17.8 Å². The fraction of sp³-hybridized carbons (Fsp3) is 0.500. The van der Waals surface area contributed by atoms with Crippen LogP contribution in [-0.2, 0) is 16.1 Å². The number of likely N-dealkylation sites (N-methyl/N-ethyl adjacent to an activating group) is 1. The van der Waals surface area contributed by atoms with Crippen LogP contribution < -0.4 is 0 Å². The Balaban J connectivity index is 2.07. The molecule has 1 aromatic rings. The SMILES string of the molecule is COC(=O)C(C1CC1)N(C)Cc1ccccc1F. The summed E-state index contributed by atoms with van der Waals surface area (Å²) in [6.07, 6.45) is 2.09. The zero-order valence-electron chi connectivity index (χ0n) is 10.7. The van der Waals surface area contributed by atoms with E-state index in [0.29, 0.717) is 18.0 Å². The maximum Gasteiger partial charge on any atom is 0.323 e. The summed E-state index contributed by atoms with van der Waals surface area (Å²) in [5.41, 5.74) is 0.606. The van der Waals surface area contributed by atoms with Gasteiger partial charge in [-0.05, 0) is 31.9 Å². The van der Waals surface area contributed by atoms with Crippen molar-refractivity contribution in [3.8, 4) is 0 Å². The molecular formula is C14H18FNO2. The Labute approximate surface area is 107 Å². The van der Waals surface area contributed by atoms with Gasteiger partial charge in [-0.2, -0.15) is 0 Å². The molecule has 0 amide bonds. The van der Waals surface area contributed by atoms with Crippen LogP contribution in [0.5, 0.6) is 0 Å². The van der Waals surface area contributed by atoms with Crippen molar-refractivity contribution in [1.82, 2.24) is 4.90 Å². The molecule has 0 heterocycles. The molecular weight excluding hydrogens is 233 g/mol. The standard InChI is InChI=1S/C14H18FNO2/c1-16(9-11-5-3-4-6-12(11)15)13(10-7-8-10)14(17)18-2/h3-6,10,13H,7-9H2,1-2H3. The number of benzene rings is 1. The van der Waals surface area contributed by atoms with Crippen LogP contribution in [0.3, 0.4) is 0 Å². The molecule has 0 saturated heterocycles. The quantitative estimate of drug-likeness (QED) is 0.751. The van der Waals surface area contributed by atoms with Gasteiger partial charge in [-0.25, -0.2) is 4.39 Å². The van der Waals surface area contributed by atoms with Gasteiger partial charge < -0.3 is 4.74 Å². The minimum atomic E-state index is -0.255. The van der Waals surface area contributed by atoms with Gasteiger partial charge in [0.25, 0.3) is 0 Å². The molecule has 1 atom stereocenters. The molecule has 0 aromatic heterocycles. The van der Waals surface area contributed by atoms with Crippen LogP contribution in [0.1, 0.15) is 18.4 Å². The minimum absolute atomic E-state index is 0.226. The van der Waals surface area contributed by atoms with Crippen LogP contribution in [0, 0.1) is 11.7 Å². The van der Waals surface area contributed by atoms with Crippen molar-refractivity contribution >= 4 is 5.97 Å². The van der Waals surface area contributed by atoms with Crippen molar-refractivity contribution < 1.29 is 13.9 Å². The summed E-state index contributed by atoms with van der Waals surface area (Å²) in [6, 6.07) is 6.39. The maximum atomic E-state index is 13.6. The molecule has 1 aliphatic carbocycles. The maximum absolute atomic E-state index is 13.6. The third-order valence-electron chi connectivity index (χ3n) is 3.36. The Kier molecular flexibility index (Phi) is 3.97. The van der Waals surface area contributed by atoms with Gasteiger partial charge in [0.2, 0.25) is 0 Å². The highest BCUT2D eigenvalue weighted by atomic mass is 19.1. The summed E-state index contributed by atoms with van der Waals surface area (Å²) >= 11 is 0. The first-order valence-electron chi connectivity index (χ1n) is 6.15. The van der Waals surface area contributed by atoms with Crippen LogP contribution in [0.2, 0.25) is 0 Å². The molecule has 0 spiro atoms. The molecule has 18 heavy (non-hydrogen) atoms. The molecule has 1 aromatic carbocycles. The minimum Gasteiger partial charge on any atom is -0.468 e. The number of halogens is 1. The van der Waals surface area contributed by atoms with Crippen LogP contribution in [0.15, 0.2) is 24.3 Å². The number of nitrogens with zero attached hydrogens (tertiary/aromatic N) is 1. The molecule has 1 aliphatic rings. The van der Waals surface area contributed by atoms with E-state index >= 15 is 0 Å². The van der Waals surface area contributed by atoms with Crippen molar-refractivity contribution in [1.29, 1.82) is 0 Å². The summed E-state index contributed by atoms with van der Waals surface area (Å²) in [7, 11) is 3.24. The van der Waals surface area contributed by atoms with Crippen molar-refractivity contribution in [3.05, 3.63) is 35.6 Å². The Morgan fingerprint density at radius 3 is 2.72 bits per heavy atom. The van der Waals surface area contributed by atoms with E-state index in [4.69, 9.17) is 4.74 Å². The molecule has 0 radical (unpaired) electrons. The molecule has 2 rings (SSSR count). The van der Waals surface area contributed by atoms with Gasteiger partial charge in [0.05, 0.1) is 7.11 Å². The second kappa shape index (κ2) is 5.48. The molecule has 1 fully saturated rings. The average molecular weight is 251 g/mol. The molecule has 4 heteroatoms. The summed E-state index contributed by atoms with van der Waals surface area (Å²) in [5, 5.41) is 0. The second-order valence-electron chi connectivity index (χ2n) is 4.81. The van der Waals surface area contributed by atoms with Crippen LogP contribution >= 0.6 is 0 Å². The second-order valence-corrected chi connectivity index (χ2v) is 4.81. The number of esters is 1. The van der Waals surface area contributed by atoms with Gasteiger partial charge in [0.1, 0.15) is 11.9 Å². The Morgan fingerprint density at radius 2 is 2.17 bits per heavy atom. The summed E-state index contributed by atoms with van der Waals surface area (Å²) < 4.78 is 18.4. The van der Waals surface area contributed by atoms with Gasteiger partial charge in [-0.1, -0.05) is 18.2 Å². The lowest BCUT2D eigenvalue weighted by Crippen LogP contribution is -2.40. The van der Waals surface area contributed by atoms with Crippen molar-refractivity contribution in [3.63, 3.8) is 0 Å². The van der Waals surface area contributed by atoms with Crippen molar-refractivity contribution in [2.75, 3.05) is 14.2 Å². The largest absolute Gasteiger partial charge is 0.468 e. The van der Waals surface area contributed by atoms with Gasteiger partial charge in [0.15, 0.2) is 0 Å². The summed E-state index contributed by atoms with van der Waals surface area (Å²) in [6.45, 7) is 0.420. The number of methoxy groups -OCH3 is 1. The number of carbonyl (C=O) groups is 1. The summed E-state index contributed by atoms with van der Waals surface area (Å²) in [4.78, 5) is 13.6.